The first-order valence-electron chi connectivity index (χ1n) is 8.87. The van der Waals surface area contributed by atoms with E-state index in [1.165, 1.54) is 0 Å². The van der Waals surface area contributed by atoms with Crippen LogP contribution in [0.15, 0.2) is 53.5 Å². The van der Waals surface area contributed by atoms with Crippen molar-refractivity contribution in [2.75, 3.05) is 0 Å². The van der Waals surface area contributed by atoms with Crippen LogP contribution in [0.5, 0.6) is 0 Å². The number of rotatable bonds is 5. The second-order valence-electron chi connectivity index (χ2n) is 6.88. The second-order valence-corrected chi connectivity index (χ2v) is 6.88. The SMILES string of the molecule is NC1(C(=O)NCc2ccc(Cn3ccccc3=O)cc2)CCCCC1. The zero-order valence-corrected chi connectivity index (χ0v) is 14.4. The Morgan fingerprint density at radius 3 is 2.40 bits per heavy atom. The van der Waals surface area contributed by atoms with Crippen molar-refractivity contribution in [3.05, 3.63) is 70.1 Å². The van der Waals surface area contributed by atoms with Crippen LogP contribution in [0.4, 0.5) is 0 Å². The molecule has 0 unspecified atom stereocenters. The molecule has 1 aliphatic rings. The van der Waals surface area contributed by atoms with Gasteiger partial charge in [-0.15, -0.1) is 0 Å². The molecular weight excluding hydrogens is 314 g/mol. The number of pyridine rings is 1. The molecule has 1 saturated carbocycles. The van der Waals surface area contributed by atoms with Crippen LogP contribution < -0.4 is 16.6 Å². The summed E-state index contributed by atoms with van der Waals surface area (Å²) in [6.45, 7) is 1.02. The van der Waals surface area contributed by atoms with Gasteiger partial charge in [0.1, 0.15) is 0 Å². The summed E-state index contributed by atoms with van der Waals surface area (Å²) in [5, 5.41) is 2.97. The lowest BCUT2D eigenvalue weighted by Gasteiger charge is -2.31. The molecule has 1 aliphatic carbocycles. The van der Waals surface area contributed by atoms with Gasteiger partial charge in [0.05, 0.1) is 12.1 Å². The van der Waals surface area contributed by atoms with Crippen LogP contribution in [-0.2, 0) is 17.9 Å². The van der Waals surface area contributed by atoms with E-state index in [0.717, 1.165) is 43.2 Å². The fraction of sp³-hybridized carbons (Fsp3) is 0.400. The summed E-state index contributed by atoms with van der Waals surface area (Å²) in [6, 6.07) is 13.1. The fourth-order valence-electron chi connectivity index (χ4n) is 3.32. The molecule has 1 amide bonds. The molecule has 1 heterocycles. The van der Waals surface area contributed by atoms with Crippen molar-refractivity contribution in [2.24, 2.45) is 5.73 Å². The Kier molecular flexibility index (Phi) is 5.34. The molecule has 3 N–H and O–H groups in total. The summed E-state index contributed by atoms with van der Waals surface area (Å²) >= 11 is 0. The Hall–Kier alpha value is -2.40. The molecule has 0 bridgehead atoms. The first-order valence-corrected chi connectivity index (χ1v) is 8.87. The Morgan fingerprint density at radius 2 is 1.72 bits per heavy atom. The van der Waals surface area contributed by atoms with E-state index >= 15 is 0 Å². The molecule has 0 spiro atoms. The van der Waals surface area contributed by atoms with E-state index in [1.807, 2.05) is 30.3 Å². The van der Waals surface area contributed by atoms with Crippen LogP contribution in [0.2, 0.25) is 0 Å². The smallest absolute Gasteiger partial charge is 0.250 e. The van der Waals surface area contributed by atoms with Gasteiger partial charge in [0.25, 0.3) is 5.56 Å². The maximum atomic E-state index is 12.4. The number of amides is 1. The van der Waals surface area contributed by atoms with Gasteiger partial charge in [0, 0.05) is 18.8 Å². The molecule has 0 radical (unpaired) electrons. The predicted octanol–water partition coefficient (Wildman–Crippen LogP) is 2.17. The fourth-order valence-corrected chi connectivity index (χ4v) is 3.32. The van der Waals surface area contributed by atoms with Crippen LogP contribution in [0.3, 0.4) is 0 Å². The van der Waals surface area contributed by atoms with E-state index in [0.29, 0.717) is 13.1 Å². The maximum Gasteiger partial charge on any atom is 0.250 e. The lowest BCUT2D eigenvalue weighted by molar-refractivity contribution is -0.127. The number of nitrogens with two attached hydrogens (primary N) is 1. The Balaban J connectivity index is 1.57. The van der Waals surface area contributed by atoms with Crippen molar-refractivity contribution in [3.63, 3.8) is 0 Å². The van der Waals surface area contributed by atoms with Gasteiger partial charge in [-0.25, -0.2) is 0 Å². The summed E-state index contributed by atoms with van der Waals surface area (Å²) in [6.07, 6.45) is 6.53. The maximum absolute atomic E-state index is 12.4. The number of hydrogen-bond donors (Lipinski definition) is 2. The number of carbonyl (C=O) groups is 1. The lowest BCUT2D eigenvalue weighted by Crippen LogP contribution is -2.54. The largest absolute Gasteiger partial charge is 0.350 e. The van der Waals surface area contributed by atoms with Crippen LogP contribution >= 0.6 is 0 Å². The third-order valence-electron chi connectivity index (χ3n) is 4.93. The summed E-state index contributed by atoms with van der Waals surface area (Å²) in [7, 11) is 0. The number of nitrogens with zero attached hydrogens (tertiary/aromatic N) is 1. The van der Waals surface area contributed by atoms with E-state index in [2.05, 4.69) is 5.32 Å². The lowest BCUT2D eigenvalue weighted by atomic mass is 9.82. The predicted molar refractivity (Wildman–Crippen MR) is 98.1 cm³/mol. The van der Waals surface area contributed by atoms with Gasteiger partial charge in [-0.3, -0.25) is 9.59 Å². The van der Waals surface area contributed by atoms with E-state index in [4.69, 9.17) is 5.73 Å². The monoisotopic (exact) mass is 339 g/mol. The number of nitrogens with one attached hydrogen (secondary N) is 1. The molecule has 0 saturated heterocycles. The molecule has 5 nitrogen and oxygen atoms in total. The van der Waals surface area contributed by atoms with Crippen molar-refractivity contribution < 1.29 is 4.79 Å². The highest BCUT2D eigenvalue weighted by Gasteiger charge is 2.34. The van der Waals surface area contributed by atoms with Crippen molar-refractivity contribution >= 4 is 5.91 Å². The minimum Gasteiger partial charge on any atom is -0.350 e. The number of hydrogen-bond acceptors (Lipinski definition) is 3. The number of benzene rings is 1. The highest BCUT2D eigenvalue weighted by Crippen LogP contribution is 2.26. The van der Waals surface area contributed by atoms with Crippen LogP contribution in [0.25, 0.3) is 0 Å². The highest BCUT2D eigenvalue weighted by molar-refractivity contribution is 5.86. The van der Waals surface area contributed by atoms with Crippen molar-refractivity contribution in [2.45, 2.75) is 50.7 Å². The summed E-state index contributed by atoms with van der Waals surface area (Å²) in [5.41, 5.74) is 7.60. The zero-order valence-electron chi connectivity index (χ0n) is 14.4. The van der Waals surface area contributed by atoms with Gasteiger partial charge in [-0.05, 0) is 30.0 Å². The minimum atomic E-state index is -0.702. The van der Waals surface area contributed by atoms with Gasteiger partial charge in [0.2, 0.25) is 5.91 Å². The standard InChI is InChI=1S/C20H25N3O2/c21-20(11-3-1-4-12-20)19(25)22-14-16-7-9-17(10-8-16)15-23-13-5-2-6-18(23)24/h2,5-10,13H,1,3-4,11-12,14-15,21H2,(H,22,25). The van der Waals surface area contributed by atoms with Crippen molar-refractivity contribution in [1.29, 1.82) is 0 Å². The van der Waals surface area contributed by atoms with Gasteiger partial charge in [-0.1, -0.05) is 49.6 Å². The first kappa shape index (κ1) is 17.4. The quantitative estimate of drug-likeness (QED) is 0.876. The normalized spacial score (nSPS) is 16.4. The minimum absolute atomic E-state index is 0.0143. The Morgan fingerprint density at radius 1 is 1.04 bits per heavy atom. The van der Waals surface area contributed by atoms with Crippen molar-refractivity contribution in [1.82, 2.24) is 9.88 Å². The molecule has 25 heavy (non-hydrogen) atoms. The average Bonchev–Trinajstić information content (AvgIpc) is 2.63. The third kappa shape index (κ3) is 4.37. The van der Waals surface area contributed by atoms with Crippen LogP contribution in [0.1, 0.15) is 43.2 Å². The van der Waals surface area contributed by atoms with Gasteiger partial charge < -0.3 is 15.6 Å². The Labute approximate surface area is 147 Å². The Bertz CT molecular complexity index is 774. The third-order valence-corrected chi connectivity index (χ3v) is 4.93. The van der Waals surface area contributed by atoms with Gasteiger partial charge in [-0.2, -0.15) is 0 Å². The molecule has 2 aromatic rings. The van der Waals surface area contributed by atoms with Crippen molar-refractivity contribution in [3.8, 4) is 0 Å². The molecule has 0 atom stereocenters. The van der Waals surface area contributed by atoms with Crippen LogP contribution in [-0.4, -0.2) is 16.0 Å². The topological polar surface area (TPSA) is 77.1 Å². The molecule has 1 aromatic carbocycles. The molecule has 0 aliphatic heterocycles. The van der Waals surface area contributed by atoms with E-state index in [1.54, 1.807) is 22.9 Å². The molecule has 1 fully saturated rings. The number of aromatic nitrogens is 1. The van der Waals surface area contributed by atoms with E-state index in [9.17, 15) is 9.59 Å². The van der Waals surface area contributed by atoms with E-state index in [-0.39, 0.29) is 11.5 Å². The first-order chi connectivity index (χ1) is 12.1. The summed E-state index contributed by atoms with van der Waals surface area (Å²) in [5.74, 6) is -0.0490. The summed E-state index contributed by atoms with van der Waals surface area (Å²) < 4.78 is 1.66. The van der Waals surface area contributed by atoms with Crippen LogP contribution in [0, 0.1) is 0 Å². The highest BCUT2D eigenvalue weighted by atomic mass is 16.2. The van der Waals surface area contributed by atoms with Gasteiger partial charge in [0.15, 0.2) is 0 Å². The average molecular weight is 339 g/mol. The summed E-state index contributed by atoms with van der Waals surface area (Å²) in [4.78, 5) is 24.1. The molecule has 3 rings (SSSR count). The van der Waals surface area contributed by atoms with Gasteiger partial charge >= 0.3 is 0 Å². The molecule has 1 aromatic heterocycles. The van der Waals surface area contributed by atoms with E-state index < -0.39 is 5.54 Å². The molecular formula is C20H25N3O2. The molecule has 5 heteroatoms. The molecule has 132 valence electrons. The number of carbonyl (C=O) groups excluding carboxylic acids is 1. The second kappa shape index (κ2) is 7.66. The zero-order chi connectivity index (χ0) is 17.7.